The zero-order valence-corrected chi connectivity index (χ0v) is 14.2. The SMILES string of the molecule is Cc1nn2cccnc2c1C(=O)Nc1nc(-c2ccc(F)c(F)c2)cs1. The van der Waals surface area contributed by atoms with E-state index in [4.69, 9.17) is 0 Å². The molecule has 1 amide bonds. The molecule has 0 saturated carbocycles. The summed E-state index contributed by atoms with van der Waals surface area (Å²) in [5.41, 5.74) is 2.21. The first-order valence-electron chi connectivity index (χ1n) is 7.55. The van der Waals surface area contributed by atoms with Gasteiger partial charge in [-0.05, 0) is 31.2 Å². The standard InChI is InChI=1S/C17H11F2N5OS/c1-9-14(15-20-5-2-6-24(15)23-9)16(25)22-17-21-13(8-26-17)10-3-4-11(18)12(19)7-10/h2-8H,1H3,(H,21,22,25). The van der Waals surface area contributed by atoms with Crippen LogP contribution >= 0.6 is 11.3 Å². The van der Waals surface area contributed by atoms with Gasteiger partial charge in [-0.15, -0.1) is 11.3 Å². The molecule has 4 rings (SSSR count). The van der Waals surface area contributed by atoms with Gasteiger partial charge in [0.1, 0.15) is 5.56 Å². The van der Waals surface area contributed by atoms with Gasteiger partial charge >= 0.3 is 0 Å². The molecule has 130 valence electrons. The van der Waals surface area contributed by atoms with Gasteiger partial charge in [0, 0.05) is 23.3 Å². The molecule has 1 N–H and O–H groups in total. The van der Waals surface area contributed by atoms with Crippen molar-refractivity contribution < 1.29 is 13.6 Å². The predicted octanol–water partition coefficient (Wildman–Crippen LogP) is 3.69. The Bertz CT molecular complexity index is 1140. The summed E-state index contributed by atoms with van der Waals surface area (Å²) in [6, 6.07) is 5.25. The number of thiazole rings is 1. The molecule has 0 aliphatic carbocycles. The number of carbonyl (C=O) groups is 1. The van der Waals surface area contributed by atoms with Gasteiger partial charge in [-0.2, -0.15) is 5.10 Å². The summed E-state index contributed by atoms with van der Waals surface area (Å²) in [7, 11) is 0. The summed E-state index contributed by atoms with van der Waals surface area (Å²) >= 11 is 1.18. The Morgan fingerprint density at radius 3 is 2.92 bits per heavy atom. The molecule has 3 heterocycles. The van der Waals surface area contributed by atoms with E-state index in [2.05, 4.69) is 20.4 Å². The summed E-state index contributed by atoms with van der Waals surface area (Å²) < 4.78 is 28.0. The fourth-order valence-electron chi connectivity index (χ4n) is 2.54. The van der Waals surface area contributed by atoms with Crippen LogP contribution in [0.25, 0.3) is 16.9 Å². The molecule has 0 bridgehead atoms. The molecule has 0 fully saturated rings. The molecule has 0 aliphatic heterocycles. The molecule has 6 nitrogen and oxygen atoms in total. The third-order valence-corrected chi connectivity index (χ3v) is 4.50. The van der Waals surface area contributed by atoms with E-state index in [0.29, 0.717) is 33.3 Å². The first kappa shape index (κ1) is 16.3. The smallest absolute Gasteiger partial charge is 0.263 e. The number of rotatable bonds is 3. The first-order valence-corrected chi connectivity index (χ1v) is 8.43. The molecule has 26 heavy (non-hydrogen) atoms. The summed E-state index contributed by atoms with van der Waals surface area (Å²) in [6.45, 7) is 1.72. The number of benzene rings is 1. The van der Waals surface area contributed by atoms with E-state index in [0.717, 1.165) is 12.1 Å². The molecule has 9 heteroatoms. The lowest BCUT2D eigenvalue weighted by Gasteiger charge is -2.01. The van der Waals surface area contributed by atoms with Gasteiger partial charge in [-0.1, -0.05) is 0 Å². The minimum atomic E-state index is -0.950. The molecule has 0 unspecified atom stereocenters. The Morgan fingerprint density at radius 1 is 1.27 bits per heavy atom. The number of halogens is 2. The number of nitrogens with one attached hydrogen (secondary N) is 1. The van der Waals surface area contributed by atoms with E-state index >= 15 is 0 Å². The lowest BCUT2D eigenvalue weighted by molar-refractivity contribution is 0.102. The van der Waals surface area contributed by atoms with E-state index in [9.17, 15) is 13.6 Å². The van der Waals surface area contributed by atoms with Gasteiger partial charge in [0.05, 0.1) is 11.4 Å². The number of hydrogen-bond donors (Lipinski definition) is 1. The number of aryl methyl sites for hydroxylation is 1. The van der Waals surface area contributed by atoms with Crippen molar-refractivity contribution in [3.05, 3.63) is 64.9 Å². The quantitative estimate of drug-likeness (QED) is 0.596. The minimum absolute atomic E-state index is 0.337. The molecule has 0 spiro atoms. The minimum Gasteiger partial charge on any atom is -0.298 e. The van der Waals surface area contributed by atoms with E-state index in [1.807, 2.05) is 0 Å². The van der Waals surface area contributed by atoms with Crippen LogP contribution in [0.1, 0.15) is 16.1 Å². The van der Waals surface area contributed by atoms with Gasteiger partial charge < -0.3 is 0 Å². The first-order chi connectivity index (χ1) is 12.5. The third-order valence-electron chi connectivity index (χ3n) is 3.74. The summed E-state index contributed by atoms with van der Waals surface area (Å²) in [6.07, 6.45) is 3.29. The fourth-order valence-corrected chi connectivity index (χ4v) is 3.26. The Hall–Kier alpha value is -3.20. The molecular weight excluding hydrogens is 360 g/mol. The van der Waals surface area contributed by atoms with Crippen LogP contribution in [0.4, 0.5) is 13.9 Å². The highest BCUT2D eigenvalue weighted by molar-refractivity contribution is 7.14. The number of carbonyl (C=O) groups excluding carboxylic acids is 1. The van der Waals surface area contributed by atoms with E-state index in [-0.39, 0.29) is 5.91 Å². The van der Waals surface area contributed by atoms with Crippen molar-refractivity contribution in [3.8, 4) is 11.3 Å². The molecule has 1 aromatic carbocycles. The highest BCUT2D eigenvalue weighted by atomic mass is 32.1. The Labute approximate surface area is 150 Å². The molecule has 0 aliphatic rings. The lowest BCUT2D eigenvalue weighted by atomic mass is 10.2. The maximum absolute atomic E-state index is 13.4. The Morgan fingerprint density at radius 2 is 2.12 bits per heavy atom. The predicted molar refractivity (Wildman–Crippen MR) is 93.1 cm³/mol. The van der Waals surface area contributed by atoms with Gasteiger partial charge in [0.25, 0.3) is 5.91 Å². The zero-order valence-electron chi connectivity index (χ0n) is 13.4. The second kappa shape index (κ2) is 6.26. The maximum Gasteiger partial charge on any atom is 0.263 e. The van der Waals surface area contributed by atoms with Crippen molar-refractivity contribution in [1.82, 2.24) is 19.6 Å². The summed E-state index contributed by atoms with van der Waals surface area (Å²) in [4.78, 5) is 21.0. The summed E-state index contributed by atoms with van der Waals surface area (Å²) in [5.74, 6) is -2.26. The van der Waals surface area contributed by atoms with Crippen molar-refractivity contribution in [2.24, 2.45) is 0 Å². The number of nitrogens with zero attached hydrogens (tertiary/aromatic N) is 4. The molecular formula is C17H11F2N5OS. The van der Waals surface area contributed by atoms with Crippen molar-refractivity contribution >= 4 is 28.0 Å². The Balaban J connectivity index is 1.61. The van der Waals surface area contributed by atoms with Crippen LogP contribution in [0.2, 0.25) is 0 Å². The monoisotopic (exact) mass is 371 g/mol. The topological polar surface area (TPSA) is 72.2 Å². The molecule has 3 aromatic heterocycles. The van der Waals surface area contributed by atoms with Crippen LogP contribution < -0.4 is 5.32 Å². The second-order valence-electron chi connectivity index (χ2n) is 5.47. The van der Waals surface area contributed by atoms with Crippen molar-refractivity contribution in [1.29, 1.82) is 0 Å². The van der Waals surface area contributed by atoms with Gasteiger partial charge in [-0.3, -0.25) is 10.1 Å². The lowest BCUT2D eigenvalue weighted by Crippen LogP contribution is -2.13. The van der Waals surface area contributed by atoms with Gasteiger partial charge in [0.15, 0.2) is 22.4 Å². The number of anilines is 1. The second-order valence-corrected chi connectivity index (χ2v) is 6.33. The number of hydrogen-bond acceptors (Lipinski definition) is 5. The number of fused-ring (bicyclic) bond motifs is 1. The number of aromatic nitrogens is 4. The molecule has 0 atom stereocenters. The zero-order chi connectivity index (χ0) is 18.3. The number of amides is 1. The third kappa shape index (κ3) is 2.82. The van der Waals surface area contributed by atoms with E-state index < -0.39 is 11.6 Å². The van der Waals surface area contributed by atoms with Crippen LogP contribution in [0.5, 0.6) is 0 Å². The van der Waals surface area contributed by atoms with E-state index in [1.54, 1.807) is 30.8 Å². The van der Waals surface area contributed by atoms with Crippen LogP contribution in [0, 0.1) is 18.6 Å². The Kier molecular flexibility index (Phi) is 3.92. The van der Waals surface area contributed by atoms with Gasteiger partial charge in [0.2, 0.25) is 0 Å². The van der Waals surface area contributed by atoms with Crippen molar-refractivity contribution in [2.75, 3.05) is 5.32 Å². The van der Waals surface area contributed by atoms with Crippen molar-refractivity contribution in [3.63, 3.8) is 0 Å². The van der Waals surface area contributed by atoms with Gasteiger partial charge in [-0.25, -0.2) is 23.3 Å². The highest BCUT2D eigenvalue weighted by Crippen LogP contribution is 2.27. The maximum atomic E-state index is 13.4. The largest absolute Gasteiger partial charge is 0.298 e. The normalized spacial score (nSPS) is 11.0. The molecule has 0 radical (unpaired) electrons. The van der Waals surface area contributed by atoms with Crippen LogP contribution in [0.3, 0.4) is 0 Å². The van der Waals surface area contributed by atoms with Crippen LogP contribution in [-0.2, 0) is 0 Å². The van der Waals surface area contributed by atoms with Crippen molar-refractivity contribution in [2.45, 2.75) is 6.92 Å². The molecule has 0 saturated heterocycles. The molecule has 4 aromatic rings. The average Bonchev–Trinajstić information content (AvgIpc) is 3.20. The van der Waals surface area contributed by atoms with Crippen LogP contribution in [0.15, 0.2) is 42.0 Å². The van der Waals surface area contributed by atoms with Crippen LogP contribution in [-0.4, -0.2) is 25.5 Å². The summed E-state index contributed by atoms with van der Waals surface area (Å²) in [5, 5.41) is 8.94. The average molecular weight is 371 g/mol. The highest BCUT2D eigenvalue weighted by Gasteiger charge is 2.19. The van der Waals surface area contributed by atoms with E-state index in [1.165, 1.54) is 21.9 Å². The fraction of sp³-hybridized carbons (Fsp3) is 0.0588.